The smallest absolute Gasteiger partial charge is 0.254 e. The Bertz CT molecular complexity index is 983. The summed E-state index contributed by atoms with van der Waals surface area (Å²) in [6.45, 7) is 5.73. The van der Waals surface area contributed by atoms with E-state index in [-0.39, 0.29) is 18.6 Å². The number of hydrogen-bond acceptors (Lipinski definition) is 5. The van der Waals surface area contributed by atoms with Gasteiger partial charge in [-0.1, -0.05) is 61.5 Å². The van der Waals surface area contributed by atoms with Gasteiger partial charge in [-0.3, -0.25) is 4.79 Å². The zero-order chi connectivity index (χ0) is 21.6. The molecular weight excluding hydrogens is 390 g/mol. The highest BCUT2D eigenvalue weighted by Crippen LogP contribution is 2.31. The van der Waals surface area contributed by atoms with Crippen LogP contribution in [0.1, 0.15) is 78.3 Å². The number of hydrogen-bond donors (Lipinski definition) is 0. The maximum absolute atomic E-state index is 13.2. The Kier molecular flexibility index (Phi) is 6.77. The fourth-order valence-corrected chi connectivity index (χ4v) is 3.91. The zero-order valence-electron chi connectivity index (χ0n) is 18.2. The van der Waals surface area contributed by atoms with E-state index in [0.717, 1.165) is 24.8 Å². The van der Waals surface area contributed by atoms with Gasteiger partial charge >= 0.3 is 0 Å². The summed E-state index contributed by atoms with van der Waals surface area (Å²) in [4.78, 5) is 19.6. The molecule has 2 aromatic carbocycles. The lowest BCUT2D eigenvalue weighted by Crippen LogP contribution is -2.39. The minimum absolute atomic E-state index is 0.0201. The number of likely N-dealkylation sites (tertiary alicyclic amines) is 1. The Hall–Kier alpha value is -2.99. The highest BCUT2D eigenvalue weighted by atomic mass is 16.5. The molecule has 1 aromatic heterocycles. The van der Waals surface area contributed by atoms with Crippen LogP contribution in [-0.4, -0.2) is 27.5 Å². The minimum Gasteiger partial charge on any atom is -0.367 e. The van der Waals surface area contributed by atoms with E-state index in [4.69, 9.17) is 9.26 Å². The number of nitrogens with zero attached hydrogens (tertiary/aromatic N) is 3. The number of benzene rings is 2. The molecule has 0 bridgehead atoms. The van der Waals surface area contributed by atoms with Gasteiger partial charge in [0.1, 0.15) is 6.61 Å². The lowest BCUT2D eigenvalue weighted by Gasteiger charge is -2.33. The van der Waals surface area contributed by atoms with Crippen LogP contribution in [0.15, 0.2) is 59.1 Å². The second-order valence-corrected chi connectivity index (χ2v) is 8.31. The maximum Gasteiger partial charge on any atom is 0.254 e. The molecule has 0 saturated carbocycles. The van der Waals surface area contributed by atoms with Gasteiger partial charge in [0.15, 0.2) is 5.82 Å². The van der Waals surface area contributed by atoms with Crippen LogP contribution in [0.5, 0.6) is 0 Å². The van der Waals surface area contributed by atoms with Crippen LogP contribution in [0.4, 0.5) is 0 Å². The molecule has 1 aliphatic rings. The van der Waals surface area contributed by atoms with Gasteiger partial charge in [-0.05, 0) is 48.4 Å². The van der Waals surface area contributed by atoms with Crippen molar-refractivity contribution in [3.05, 3.63) is 83.0 Å². The summed E-state index contributed by atoms with van der Waals surface area (Å²) in [6.07, 6.45) is 2.85. The Labute approximate surface area is 183 Å². The number of piperidine rings is 1. The fraction of sp³-hybridized carbons (Fsp3) is 0.400. The highest BCUT2D eigenvalue weighted by Gasteiger charge is 2.32. The number of ether oxygens (including phenoxy) is 1. The van der Waals surface area contributed by atoms with Gasteiger partial charge in [0.2, 0.25) is 0 Å². The number of carbonyl (C=O) groups is 1. The minimum atomic E-state index is -0.169. The molecular formula is C25H29N3O3. The quantitative estimate of drug-likeness (QED) is 0.521. The van der Waals surface area contributed by atoms with Crippen LogP contribution in [0.2, 0.25) is 0 Å². The molecule has 31 heavy (non-hydrogen) atoms. The lowest BCUT2D eigenvalue weighted by molar-refractivity contribution is 0.0596. The van der Waals surface area contributed by atoms with E-state index in [2.05, 4.69) is 24.0 Å². The summed E-state index contributed by atoms with van der Waals surface area (Å²) < 4.78 is 11.1. The number of carbonyl (C=O) groups excluding carboxylic acids is 1. The van der Waals surface area contributed by atoms with Crippen LogP contribution in [0.25, 0.3) is 0 Å². The van der Waals surface area contributed by atoms with Crippen molar-refractivity contribution in [1.29, 1.82) is 0 Å². The number of aromatic nitrogens is 2. The van der Waals surface area contributed by atoms with Crippen molar-refractivity contribution in [3.8, 4) is 0 Å². The van der Waals surface area contributed by atoms with E-state index in [9.17, 15) is 4.79 Å². The average molecular weight is 420 g/mol. The summed E-state index contributed by atoms with van der Waals surface area (Å²) in [5.74, 6) is 1.45. The molecule has 0 aliphatic carbocycles. The number of amides is 1. The van der Waals surface area contributed by atoms with Gasteiger partial charge in [-0.15, -0.1) is 0 Å². The van der Waals surface area contributed by atoms with Crippen LogP contribution >= 0.6 is 0 Å². The van der Waals surface area contributed by atoms with Crippen molar-refractivity contribution in [2.45, 2.75) is 58.3 Å². The average Bonchev–Trinajstić information content (AvgIpc) is 3.28. The summed E-state index contributed by atoms with van der Waals surface area (Å²) in [7, 11) is 0. The third-order valence-electron chi connectivity index (χ3n) is 5.71. The Morgan fingerprint density at radius 2 is 1.87 bits per heavy atom. The largest absolute Gasteiger partial charge is 0.367 e. The molecule has 6 heteroatoms. The normalized spacial score (nSPS) is 16.6. The van der Waals surface area contributed by atoms with E-state index in [1.807, 2.05) is 59.5 Å². The molecule has 0 radical (unpaired) electrons. The molecule has 1 unspecified atom stereocenters. The standard InChI is InChI=1S/C25H29N3O3/c1-18(2)20-11-13-21(14-12-20)25(29)28-15-7-6-10-22(28)24-26-23(31-27-24)17-30-16-19-8-4-3-5-9-19/h3-5,8-9,11-14,18,22H,6-7,10,15-17H2,1-2H3. The van der Waals surface area contributed by atoms with Gasteiger partial charge in [-0.25, -0.2) is 0 Å². The molecule has 1 atom stereocenters. The van der Waals surface area contributed by atoms with Crippen molar-refractivity contribution >= 4 is 5.91 Å². The topological polar surface area (TPSA) is 68.5 Å². The van der Waals surface area contributed by atoms with Crippen molar-refractivity contribution in [1.82, 2.24) is 15.0 Å². The molecule has 1 fully saturated rings. The fourth-order valence-electron chi connectivity index (χ4n) is 3.91. The second kappa shape index (κ2) is 9.88. The SMILES string of the molecule is CC(C)c1ccc(C(=O)N2CCCCC2c2noc(COCc3ccccc3)n2)cc1. The molecule has 6 nitrogen and oxygen atoms in total. The van der Waals surface area contributed by atoms with E-state index >= 15 is 0 Å². The highest BCUT2D eigenvalue weighted by molar-refractivity contribution is 5.94. The van der Waals surface area contributed by atoms with Gasteiger partial charge in [0.25, 0.3) is 11.8 Å². The Morgan fingerprint density at radius 3 is 2.61 bits per heavy atom. The molecule has 1 aliphatic heterocycles. The molecule has 3 aromatic rings. The van der Waals surface area contributed by atoms with E-state index in [0.29, 0.717) is 36.3 Å². The number of rotatable bonds is 7. The van der Waals surface area contributed by atoms with Crippen LogP contribution in [-0.2, 0) is 18.0 Å². The molecule has 162 valence electrons. The summed E-state index contributed by atoms with van der Waals surface area (Å²) in [5, 5.41) is 4.17. The zero-order valence-corrected chi connectivity index (χ0v) is 18.2. The van der Waals surface area contributed by atoms with Crippen molar-refractivity contribution < 1.29 is 14.1 Å². The molecule has 0 N–H and O–H groups in total. The molecule has 2 heterocycles. The van der Waals surface area contributed by atoms with E-state index in [1.54, 1.807) is 0 Å². The first-order chi connectivity index (χ1) is 15.1. The van der Waals surface area contributed by atoms with Gasteiger partial charge < -0.3 is 14.2 Å². The van der Waals surface area contributed by atoms with E-state index in [1.165, 1.54) is 5.56 Å². The van der Waals surface area contributed by atoms with Gasteiger partial charge in [0, 0.05) is 12.1 Å². The maximum atomic E-state index is 13.2. The molecule has 4 rings (SSSR count). The first-order valence-electron chi connectivity index (χ1n) is 11.0. The summed E-state index contributed by atoms with van der Waals surface area (Å²) in [6, 6.07) is 17.7. The predicted molar refractivity (Wildman–Crippen MR) is 117 cm³/mol. The predicted octanol–water partition coefficient (Wildman–Crippen LogP) is 5.28. The molecule has 0 spiro atoms. The summed E-state index contributed by atoms with van der Waals surface area (Å²) in [5.41, 5.74) is 3.02. The summed E-state index contributed by atoms with van der Waals surface area (Å²) >= 11 is 0. The molecule has 1 saturated heterocycles. The van der Waals surface area contributed by atoms with Crippen LogP contribution < -0.4 is 0 Å². The second-order valence-electron chi connectivity index (χ2n) is 8.31. The van der Waals surface area contributed by atoms with Gasteiger partial charge in [-0.2, -0.15) is 4.98 Å². The Balaban J connectivity index is 1.42. The first kappa shape index (κ1) is 21.2. The van der Waals surface area contributed by atoms with Crippen LogP contribution in [0, 0.1) is 0 Å². The van der Waals surface area contributed by atoms with Crippen molar-refractivity contribution in [2.75, 3.05) is 6.54 Å². The molecule has 1 amide bonds. The van der Waals surface area contributed by atoms with Crippen molar-refractivity contribution in [2.24, 2.45) is 0 Å². The van der Waals surface area contributed by atoms with E-state index < -0.39 is 0 Å². The lowest BCUT2D eigenvalue weighted by atomic mass is 9.98. The first-order valence-corrected chi connectivity index (χ1v) is 11.0. The van der Waals surface area contributed by atoms with Crippen LogP contribution in [0.3, 0.4) is 0 Å². The van der Waals surface area contributed by atoms with Gasteiger partial charge in [0.05, 0.1) is 12.6 Å². The third kappa shape index (κ3) is 5.20. The Morgan fingerprint density at radius 1 is 1.10 bits per heavy atom. The third-order valence-corrected chi connectivity index (χ3v) is 5.71. The van der Waals surface area contributed by atoms with Crippen molar-refractivity contribution in [3.63, 3.8) is 0 Å². The monoisotopic (exact) mass is 419 g/mol.